The zero-order valence-corrected chi connectivity index (χ0v) is 25.4. The third-order valence-corrected chi connectivity index (χ3v) is 5.54. The van der Waals surface area contributed by atoms with Crippen LogP contribution in [-0.4, -0.2) is 48.6 Å². The average Bonchev–Trinajstić information content (AvgIpc) is 3.03. The molecule has 0 saturated carbocycles. The van der Waals surface area contributed by atoms with Gasteiger partial charge in [0.25, 0.3) is 0 Å². The molecule has 0 spiro atoms. The lowest BCUT2D eigenvalue weighted by molar-refractivity contribution is 0.0495. The highest BCUT2D eigenvalue weighted by molar-refractivity contribution is 5.92. The summed E-state index contributed by atoms with van der Waals surface area (Å²) >= 11 is 0. The van der Waals surface area contributed by atoms with E-state index in [1.54, 1.807) is 6.07 Å². The zero-order valence-electron chi connectivity index (χ0n) is 25.4. The second-order valence-electron chi connectivity index (χ2n) is 9.12. The van der Waals surface area contributed by atoms with Crippen molar-refractivity contribution < 1.29 is 29.2 Å². The number of terminal acetylenes is 1. The van der Waals surface area contributed by atoms with E-state index in [-0.39, 0.29) is 18.8 Å². The molecule has 7 heteroatoms. The number of aryl methyl sites for hydroxylation is 1. The van der Waals surface area contributed by atoms with Crippen molar-refractivity contribution in [2.75, 3.05) is 26.9 Å². The second kappa shape index (κ2) is 21.9. The molecule has 0 amide bonds. The molecule has 0 saturated heterocycles. The molecule has 0 aromatic heterocycles. The minimum atomic E-state index is -0.400. The van der Waals surface area contributed by atoms with Gasteiger partial charge in [0.2, 0.25) is 0 Å². The van der Waals surface area contributed by atoms with Gasteiger partial charge in [0.1, 0.15) is 13.2 Å². The summed E-state index contributed by atoms with van der Waals surface area (Å²) in [6.07, 6.45) is 8.64. The molecule has 224 valence electrons. The van der Waals surface area contributed by atoms with Crippen molar-refractivity contribution in [2.24, 2.45) is 0 Å². The van der Waals surface area contributed by atoms with Crippen LogP contribution in [0.5, 0.6) is 11.5 Å². The molecule has 0 heterocycles. The molecular formula is C34H47NO6. The van der Waals surface area contributed by atoms with Crippen LogP contribution >= 0.6 is 0 Å². The minimum Gasteiger partial charge on any atom is -0.485 e. The molecule has 0 unspecified atom stereocenters. The molecule has 0 atom stereocenters. The Bertz CT molecular complexity index is 1110. The van der Waals surface area contributed by atoms with Crippen molar-refractivity contribution in [3.63, 3.8) is 0 Å². The van der Waals surface area contributed by atoms with Crippen LogP contribution in [0.15, 0.2) is 72.8 Å². The van der Waals surface area contributed by atoms with Crippen LogP contribution in [-0.2, 0) is 18.0 Å². The van der Waals surface area contributed by atoms with Crippen LogP contribution in [0.25, 0.3) is 0 Å². The number of benzene rings is 3. The number of aliphatic hydroxyl groups excluding tert-OH is 2. The van der Waals surface area contributed by atoms with E-state index in [9.17, 15) is 9.90 Å². The van der Waals surface area contributed by atoms with Crippen molar-refractivity contribution in [2.45, 2.75) is 59.8 Å². The van der Waals surface area contributed by atoms with Gasteiger partial charge >= 0.3 is 5.97 Å². The molecule has 41 heavy (non-hydrogen) atoms. The largest absolute Gasteiger partial charge is 0.485 e. The number of carbonyl (C=O) groups excluding carboxylic acids is 1. The summed E-state index contributed by atoms with van der Waals surface area (Å²) in [4.78, 5) is 12.8. The summed E-state index contributed by atoms with van der Waals surface area (Å²) in [5, 5.41) is 19.5. The number of carbonyl (C=O) groups is 1. The Hall–Kier alpha value is -3.83. The summed E-state index contributed by atoms with van der Waals surface area (Å²) < 4.78 is 17.7. The van der Waals surface area contributed by atoms with Gasteiger partial charge in [-0.25, -0.2) is 4.79 Å². The number of nitrogens with one attached hydrogen (secondary N) is 1. The number of hydrogen-bond donors (Lipinski definition) is 3. The fraction of sp³-hybridized carbons (Fsp3) is 0.382. The van der Waals surface area contributed by atoms with Crippen LogP contribution in [0.2, 0.25) is 0 Å². The fourth-order valence-corrected chi connectivity index (χ4v) is 3.38. The highest BCUT2D eigenvalue weighted by atomic mass is 16.5. The topological polar surface area (TPSA) is 97.2 Å². The van der Waals surface area contributed by atoms with E-state index in [1.807, 2.05) is 101 Å². The number of esters is 1. The second-order valence-corrected chi connectivity index (χ2v) is 9.12. The van der Waals surface area contributed by atoms with Gasteiger partial charge in [-0.05, 0) is 62.6 Å². The van der Waals surface area contributed by atoms with Gasteiger partial charge < -0.3 is 29.7 Å². The van der Waals surface area contributed by atoms with E-state index in [2.05, 4.69) is 18.2 Å². The fourth-order valence-electron chi connectivity index (χ4n) is 3.38. The van der Waals surface area contributed by atoms with Crippen molar-refractivity contribution in [3.8, 4) is 24.3 Å². The Morgan fingerprint density at radius 3 is 1.78 bits per heavy atom. The third kappa shape index (κ3) is 14.4. The van der Waals surface area contributed by atoms with Gasteiger partial charge in [0.05, 0.1) is 18.8 Å². The van der Waals surface area contributed by atoms with Crippen molar-refractivity contribution >= 4 is 5.97 Å². The first kappa shape index (κ1) is 37.2. The molecule has 0 bridgehead atoms. The van der Waals surface area contributed by atoms with Crippen LogP contribution < -0.4 is 14.8 Å². The lowest BCUT2D eigenvalue weighted by Crippen LogP contribution is -2.43. The van der Waals surface area contributed by atoms with E-state index in [0.29, 0.717) is 43.2 Å². The number of hydrogen-bond acceptors (Lipinski definition) is 7. The Balaban J connectivity index is 0.00000250. The SMILES string of the molecule is C#C.CC.CO.Cc1cc(OCc2ccccc2)c(OCc2ccccc2)cc1C(=O)OCCCNC(C)(C)CO. The Labute approximate surface area is 246 Å². The monoisotopic (exact) mass is 565 g/mol. The minimum absolute atomic E-state index is 0.0381. The lowest BCUT2D eigenvalue weighted by atomic mass is 10.1. The molecule has 0 fully saturated rings. The number of ether oxygens (including phenoxy) is 3. The van der Waals surface area contributed by atoms with Crippen LogP contribution in [0.1, 0.15) is 61.2 Å². The highest BCUT2D eigenvalue weighted by Crippen LogP contribution is 2.33. The first-order chi connectivity index (χ1) is 19.9. The van der Waals surface area contributed by atoms with E-state index >= 15 is 0 Å². The normalized spacial score (nSPS) is 9.90. The third-order valence-electron chi connectivity index (χ3n) is 5.54. The van der Waals surface area contributed by atoms with E-state index in [4.69, 9.17) is 19.3 Å². The van der Waals surface area contributed by atoms with Crippen LogP contribution in [0, 0.1) is 19.8 Å². The smallest absolute Gasteiger partial charge is 0.338 e. The molecule has 0 aliphatic heterocycles. The Morgan fingerprint density at radius 1 is 0.854 bits per heavy atom. The summed E-state index contributed by atoms with van der Waals surface area (Å²) in [6.45, 7) is 11.4. The predicted molar refractivity (Wildman–Crippen MR) is 166 cm³/mol. The van der Waals surface area contributed by atoms with Gasteiger partial charge in [-0.2, -0.15) is 0 Å². The van der Waals surface area contributed by atoms with Crippen molar-refractivity contribution in [1.82, 2.24) is 5.32 Å². The molecule has 7 nitrogen and oxygen atoms in total. The quantitative estimate of drug-likeness (QED) is 0.134. The standard InChI is InChI=1S/C29H35NO5.C2H6.C2H2.CH4O/c1-22-17-26(34-19-23-11-6-4-7-12-23)27(35-20-24-13-8-5-9-14-24)18-25(22)28(32)33-16-10-15-30-29(2,3)21-31;3*1-2/h4-9,11-14,17-18,30-31H,10,15-16,19-21H2,1-3H3;1-2H3;1-2H;2H,1H3. The first-order valence-corrected chi connectivity index (χ1v) is 13.7. The van der Waals surface area contributed by atoms with E-state index in [0.717, 1.165) is 23.8 Å². The van der Waals surface area contributed by atoms with Gasteiger partial charge in [-0.3, -0.25) is 0 Å². The Kier molecular flexibility index (Phi) is 19.9. The van der Waals surface area contributed by atoms with Crippen molar-refractivity contribution in [1.29, 1.82) is 0 Å². The summed E-state index contributed by atoms with van der Waals surface area (Å²) in [7, 11) is 1.00. The first-order valence-electron chi connectivity index (χ1n) is 13.7. The highest BCUT2D eigenvalue weighted by Gasteiger charge is 2.18. The Morgan fingerprint density at radius 2 is 1.32 bits per heavy atom. The van der Waals surface area contributed by atoms with E-state index in [1.165, 1.54) is 0 Å². The summed E-state index contributed by atoms with van der Waals surface area (Å²) in [5.41, 5.74) is 2.90. The zero-order chi connectivity index (χ0) is 31.1. The van der Waals surface area contributed by atoms with Crippen molar-refractivity contribution in [3.05, 3.63) is 95.1 Å². The maximum Gasteiger partial charge on any atom is 0.338 e. The van der Waals surface area contributed by atoms with Gasteiger partial charge in [0, 0.05) is 12.6 Å². The lowest BCUT2D eigenvalue weighted by Gasteiger charge is -2.23. The molecule has 3 rings (SSSR count). The van der Waals surface area contributed by atoms with Gasteiger partial charge in [0.15, 0.2) is 11.5 Å². The molecule has 3 aromatic carbocycles. The summed E-state index contributed by atoms with van der Waals surface area (Å²) in [5.74, 6) is 0.672. The molecular weight excluding hydrogens is 518 g/mol. The molecule has 0 radical (unpaired) electrons. The molecule has 0 aliphatic carbocycles. The molecule has 0 aliphatic rings. The van der Waals surface area contributed by atoms with Gasteiger partial charge in [-0.1, -0.05) is 74.5 Å². The number of aliphatic hydroxyl groups is 2. The maximum absolute atomic E-state index is 12.8. The predicted octanol–water partition coefficient (Wildman–Crippen LogP) is 5.94. The maximum atomic E-state index is 12.8. The molecule has 3 N–H and O–H groups in total. The number of rotatable bonds is 13. The van der Waals surface area contributed by atoms with Crippen LogP contribution in [0.4, 0.5) is 0 Å². The molecule has 3 aromatic rings. The van der Waals surface area contributed by atoms with E-state index < -0.39 is 5.97 Å². The van der Waals surface area contributed by atoms with Gasteiger partial charge in [-0.15, -0.1) is 12.8 Å². The van der Waals surface area contributed by atoms with Crippen LogP contribution in [0.3, 0.4) is 0 Å². The average molecular weight is 566 g/mol. The summed E-state index contributed by atoms with van der Waals surface area (Å²) in [6, 6.07) is 23.3.